The number of carbonyl (C=O) groups is 4. The first-order chi connectivity index (χ1) is 16.5. The molecule has 3 heterocycles. The Balaban J connectivity index is 1.35. The molecule has 2 fully saturated rings. The fourth-order valence-electron chi connectivity index (χ4n) is 4.57. The third kappa shape index (κ3) is 5.12. The molecule has 2 saturated heterocycles. The van der Waals surface area contributed by atoms with E-state index >= 15 is 0 Å². The van der Waals surface area contributed by atoms with Gasteiger partial charge in [0.15, 0.2) is 0 Å². The summed E-state index contributed by atoms with van der Waals surface area (Å²) < 4.78 is 10.9. The average molecular weight is 474 g/mol. The minimum absolute atomic E-state index is 0.100. The molecule has 0 bridgehead atoms. The van der Waals surface area contributed by atoms with Crippen molar-refractivity contribution in [3.63, 3.8) is 0 Å². The molecule has 3 N–H and O–H groups in total. The van der Waals surface area contributed by atoms with E-state index in [4.69, 9.17) is 15.2 Å². The molecule has 0 aliphatic carbocycles. The molecule has 1 aromatic carbocycles. The van der Waals surface area contributed by atoms with Gasteiger partial charge < -0.3 is 20.1 Å². The average Bonchev–Trinajstić information content (AvgIpc) is 3.09. The van der Waals surface area contributed by atoms with Crippen molar-refractivity contribution in [1.82, 2.24) is 15.1 Å². The van der Waals surface area contributed by atoms with Crippen LogP contribution in [0.5, 0.6) is 0 Å². The molecular weight excluding hydrogens is 442 g/mol. The molecule has 184 valence electrons. The van der Waals surface area contributed by atoms with Gasteiger partial charge in [0.25, 0.3) is 11.8 Å². The number of nitrogens with two attached hydrogens (primary N) is 1. The quantitative estimate of drug-likeness (QED) is 0.331. The van der Waals surface area contributed by atoms with Crippen LogP contribution in [-0.4, -0.2) is 105 Å². The number of nitrogens with one attached hydrogen (secondary N) is 1. The summed E-state index contributed by atoms with van der Waals surface area (Å²) in [6.45, 7) is 6.54. The number of ether oxygens (including phenoxy) is 2. The van der Waals surface area contributed by atoms with E-state index in [2.05, 4.69) is 15.1 Å². The second kappa shape index (κ2) is 11.0. The van der Waals surface area contributed by atoms with E-state index in [0.29, 0.717) is 62.9 Å². The van der Waals surface area contributed by atoms with Gasteiger partial charge in [0.1, 0.15) is 6.04 Å². The lowest BCUT2D eigenvalue weighted by atomic mass is 10.0. The second-order valence-corrected chi connectivity index (χ2v) is 8.49. The van der Waals surface area contributed by atoms with Crippen molar-refractivity contribution in [1.29, 1.82) is 0 Å². The van der Waals surface area contributed by atoms with Gasteiger partial charge >= 0.3 is 0 Å². The second-order valence-electron chi connectivity index (χ2n) is 8.49. The number of carbonyl (C=O) groups excluding carboxylic acids is 4. The lowest BCUT2D eigenvalue weighted by molar-refractivity contribution is -0.136. The molecule has 0 saturated carbocycles. The Hall–Kier alpha value is -2.86. The van der Waals surface area contributed by atoms with E-state index in [0.717, 1.165) is 24.5 Å². The summed E-state index contributed by atoms with van der Waals surface area (Å²) in [5, 5.41) is 2.23. The van der Waals surface area contributed by atoms with Gasteiger partial charge in [-0.1, -0.05) is 6.07 Å². The lowest BCUT2D eigenvalue weighted by Crippen LogP contribution is -2.54. The van der Waals surface area contributed by atoms with Crippen LogP contribution in [0.1, 0.15) is 33.6 Å². The number of hydrogen-bond acceptors (Lipinski definition) is 9. The first-order valence-electron chi connectivity index (χ1n) is 11.7. The van der Waals surface area contributed by atoms with E-state index < -0.39 is 23.8 Å². The van der Waals surface area contributed by atoms with Crippen LogP contribution in [-0.2, 0) is 19.1 Å². The summed E-state index contributed by atoms with van der Waals surface area (Å²) >= 11 is 0. The molecule has 34 heavy (non-hydrogen) atoms. The minimum Gasteiger partial charge on any atom is -0.378 e. The Bertz CT molecular complexity index is 946. The van der Waals surface area contributed by atoms with E-state index in [1.807, 2.05) is 6.07 Å². The number of hydrogen-bond donors (Lipinski definition) is 2. The van der Waals surface area contributed by atoms with Gasteiger partial charge in [0.05, 0.1) is 43.2 Å². The Morgan fingerprint density at radius 2 is 1.68 bits per heavy atom. The SMILES string of the molecule is NCCOCCOCCN1CCN(c2cccc3c2C(=O)N(C2CCC(=O)NC2=O)C3=O)CC1. The van der Waals surface area contributed by atoms with Gasteiger partial charge in [-0.2, -0.15) is 0 Å². The Morgan fingerprint density at radius 1 is 0.941 bits per heavy atom. The van der Waals surface area contributed by atoms with Crippen LogP contribution in [0.15, 0.2) is 18.2 Å². The molecule has 11 nitrogen and oxygen atoms in total. The zero-order valence-corrected chi connectivity index (χ0v) is 19.2. The molecule has 0 radical (unpaired) electrons. The van der Waals surface area contributed by atoms with Gasteiger partial charge in [-0.15, -0.1) is 0 Å². The molecule has 1 aromatic rings. The molecule has 4 rings (SSSR count). The van der Waals surface area contributed by atoms with Crippen LogP contribution in [0.25, 0.3) is 0 Å². The van der Waals surface area contributed by atoms with Crippen molar-refractivity contribution in [2.45, 2.75) is 18.9 Å². The first-order valence-corrected chi connectivity index (χ1v) is 11.7. The summed E-state index contributed by atoms with van der Waals surface area (Å²) in [4.78, 5) is 55.6. The number of anilines is 1. The van der Waals surface area contributed by atoms with E-state index in [1.165, 1.54) is 0 Å². The molecule has 3 aliphatic heterocycles. The molecule has 0 aromatic heterocycles. The van der Waals surface area contributed by atoms with Crippen LogP contribution in [0, 0.1) is 0 Å². The number of fused-ring (bicyclic) bond motifs is 1. The number of amides is 4. The molecule has 1 atom stereocenters. The van der Waals surface area contributed by atoms with Crippen LogP contribution < -0.4 is 16.0 Å². The molecule has 1 unspecified atom stereocenters. The third-order valence-electron chi connectivity index (χ3n) is 6.35. The zero-order valence-electron chi connectivity index (χ0n) is 19.2. The summed E-state index contributed by atoms with van der Waals surface area (Å²) in [6, 6.07) is 4.27. The molecule has 11 heteroatoms. The largest absolute Gasteiger partial charge is 0.378 e. The summed E-state index contributed by atoms with van der Waals surface area (Å²) in [5.41, 5.74) is 6.73. The monoisotopic (exact) mass is 473 g/mol. The van der Waals surface area contributed by atoms with Gasteiger partial charge in [-0.05, 0) is 18.6 Å². The van der Waals surface area contributed by atoms with Crippen molar-refractivity contribution < 1.29 is 28.7 Å². The highest BCUT2D eigenvalue weighted by molar-refractivity contribution is 6.25. The van der Waals surface area contributed by atoms with E-state index in [1.54, 1.807) is 12.1 Å². The van der Waals surface area contributed by atoms with Crippen molar-refractivity contribution >= 4 is 29.3 Å². The molecular formula is C23H31N5O6. The van der Waals surface area contributed by atoms with Crippen LogP contribution in [0.3, 0.4) is 0 Å². The van der Waals surface area contributed by atoms with Crippen LogP contribution >= 0.6 is 0 Å². The number of piperazine rings is 1. The Kier molecular flexibility index (Phi) is 7.88. The highest BCUT2D eigenvalue weighted by atomic mass is 16.5. The number of imide groups is 2. The Labute approximate surface area is 198 Å². The fourth-order valence-corrected chi connectivity index (χ4v) is 4.57. The predicted octanol–water partition coefficient (Wildman–Crippen LogP) is -0.798. The fraction of sp³-hybridized carbons (Fsp3) is 0.565. The minimum atomic E-state index is -0.962. The maximum absolute atomic E-state index is 13.3. The summed E-state index contributed by atoms with van der Waals surface area (Å²) in [5.74, 6) is -1.95. The van der Waals surface area contributed by atoms with Gasteiger partial charge in [0, 0.05) is 45.7 Å². The molecule has 3 aliphatic rings. The van der Waals surface area contributed by atoms with Gasteiger partial charge in [-0.3, -0.25) is 34.3 Å². The standard InChI is InChI=1S/C23H31N5O6/c24-6-12-33-14-15-34-13-11-26-7-9-27(10-8-26)17-3-1-2-16-20(17)23(32)28(22(16)31)18-4-5-19(29)25-21(18)30/h1-3,18H,4-15,24H2,(H,25,29,30). The smallest absolute Gasteiger partial charge is 0.264 e. The molecule has 4 amide bonds. The van der Waals surface area contributed by atoms with Gasteiger partial charge in [0.2, 0.25) is 11.8 Å². The van der Waals surface area contributed by atoms with E-state index in [9.17, 15) is 19.2 Å². The van der Waals surface area contributed by atoms with Crippen molar-refractivity contribution in [3.05, 3.63) is 29.3 Å². The van der Waals surface area contributed by atoms with Crippen LogP contribution in [0.4, 0.5) is 5.69 Å². The zero-order chi connectivity index (χ0) is 24.1. The Morgan fingerprint density at radius 3 is 2.38 bits per heavy atom. The van der Waals surface area contributed by atoms with E-state index in [-0.39, 0.29) is 18.7 Å². The highest BCUT2D eigenvalue weighted by Gasteiger charge is 2.46. The summed E-state index contributed by atoms with van der Waals surface area (Å²) in [6.07, 6.45) is 0.244. The summed E-state index contributed by atoms with van der Waals surface area (Å²) in [7, 11) is 0. The first kappa shape index (κ1) is 24.3. The number of rotatable bonds is 10. The maximum atomic E-state index is 13.3. The van der Waals surface area contributed by atoms with Crippen molar-refractivity contribution in [2.75, 3.05) is 70.6 Å². The number of piperidine rings is 1. The highest BCUT2D eigenvalue weighted by Crippen LogP contribution is 2.34. The van der Waals surface area contributed by atoms with Crippen LogP contribution in [0.2, 0.25) is 0 Å². The van der Waals surface area contributed by atoms with Crippen molar-refractivity contribution in [3.8, 4) is 0 Å². The van der Waals surface area contributed by atoms with Gasteiger partial charge in [-0.25, -0.2) is 0 Å². The topological polar surface area (TPSA) is 135 Å². The van der Waals surface area contributed by atoms with Crippen molar-refractivity contribution in [2.24, 2.45) is 5.73 Å². The normalized spacial score (nSPS) is 21.3. The number of nitrogens with zero attached hydrogens (tertiary/aromatic N) is 3. The third-order valence-corrected chi connectivity index (χ3v) is 6.35. The number of benzene rings is 1. The molecule has 0 spiro atoms. The lowest BCUT2D eigenvalue weighted by Gasteiger charge is -2.36. The predicted molar refractivity (Wildman–Crippen MR) is 122 cm³/mol. The maximum Gasteiger partial charge on any atom is 0.264 e.